The Hall–Kier alpha value is -4.05. The Kier molecular flexibility index (Phi) is 10.1. The van der Waals surface area contributed by atoms with Gasteiger partial charge < -0.3 is 24.3 Å². The van der Waals surface area contributed by atoms with Gasteiger partial charge in [0.05, 0.1) is 12.8 Å². The lowest BCUT2D eigenvalue weighted by Gasteiger charge is -2.23. The first-order valence-electron chi connectivity index (χ1n) is 10.7. The Morgan fingerprint density at radius 3 is 2.06 bits per heavy atom. The number of nitrogens with one attached hydrogen (secondary N) is 2. The lowest BCUT2D eigenvalue weighted by atomic mass is 10.1. The van der Waals surface area contributed by atoms with Gasteiger partial charge in [-0.1, -0.05) is 24.8 Å². The number of ether oxygens (including phenoxy) is 4. The standard InChI is InChI=1S/C25H30N2O8/c1-6-15-32-22(28)21(26-23(29)35-25(2,3)4)16-17-7-11-19(12-8-17)33-24(30)34-20-13-9-18(10-14-20)27-31-5/h6-14,21,27H,1,15-16H2,2-5H3,(H,26,29). The topological polar surface area (TPSA) is 121 Å². The second-order valence-corrected chi connectivity index (χ2v) is 8.25. The number of alkyl carbamates (subject to hydrolysis) is 1. The molecule has 10 heteroatoms. The van der Waals surface area contributed by atoms with Crippen LogP contribution in [0.1, 0.15) is 26.3 Å². The van der Waals surface area contributed by atoms with Gasteiger partial charge in [0.2, 0.25) is 0 Å². The van der Waals surface area contributed by atoms with Crippen LogP contribution in [0.3, 0.4) is 0 Å². The van der Waals surface area contributed by atoms with E-state index in [2.05, 4.69) is 17.4 Å². The molecule has 188 valence electrons. The molecule has 1 amide bonds. The molecule has 1 atom stereocenters. The summed E-state index contributed by atoms with van der Waals surface area (Å²) in [5.74, 6) is -0.101. The van der Waals surface area contributed by atoms with Crippen LogP contribution < -0.4 is 20.3 Å². The van der Waals surface area contributed by atoms with Crippen LogP contribution in [0.5, 0.6) is 11.5 Å². The van der Waals surface area contributed by atoms with Crippen molar-refractivity contribution in [1.82, 2.24) is 5.32 Å². The van der Waals surface area contributed by atoms with E-state index < -0.39 is 29.9 Å². The number of benzene rings is 2. The second kappa shape index (κ2) is 13.0. The molecular formula is C25H30N2O8. The average molecular weight is 487 g/mol. The second-order valence-electron chi connectivity index (χ2n) is 8.25. The molecule has 0 aromatic heterocycles. The van der Waals surface area contributed by atoms with Gasteiger partial charge in [0, 0.05) is 6.42 Å². The Morgan fingerprint density at radius 2 is 1.54 bits per heavy atom. The third kappa shape index (κ3) is 10.2. The van der Waals surface area contributed by atoms with E-state index in [0.29, 0.717) is 17.0 Å². The fourth-order valence-electron chi connectivity index (χ4n) is 2.74. The van der Waals surface area contributed by atoms with E-state index in [4.69, 9.17) is 23.8 Å². The molecule has 10 nitrogen and oxygen atoms in total. The number of carbonyl (C=O) groups excluding carboxylic acids is 3. The molecule has 0 aliphatic carbocycles. The van der Waals surface area contributed by atoms with Gasteiger partial charge in [0.1, 0.15) is 29.7 Å². The van der Waals surface area contributed by atoms with Gasteiger partial charge in [-0.3, -0.25) is 10.3 Å². The Morgan fingerprint density at radius 1 is 0.971 bits per heavy atom. The number of amides is 1. The Balaban J connectivity index is 1.98. The first-order valence-corrected chi connectivity index (χ1v) is 10.7. The Bertz CT molecular complexity index is 998. The molecule has 0 heterocycles. The number of esters is 1. The summed E-state index contributed by atoms with van der Waals surface area (Å²) in [7, 11) is 1.49. The van der Waals surface area contributed by atoms with E-state index >= 15 is 0 Å². The third-order valence-corrected chi connectivity index (χ3v) is 4.16. The van der Waals surface area contributed by atoms with Gasteiger partial charge in [-0.2, -0.15) is 0 Å². The summed E-state index contributed by atoms with van der Waals surface area (Å²) in [4.78, 5) is 41.4. The fourth-order valence-corrected chi connectivity index (χ4v) is 2.74. The van der Waals surface area contributed by atoms with Crippen molar-refractivity contribution in [3.8, 4) is 11.5 Å². The molecule has 0 spiro atoms. The van der Waals surface area contributed by atoms with Crippen molar-refractivity contribution in [3.63, 3.8) is 0 Å². The number of hydrogen-bond acceptors (Lipinski definition) is 9. The maximum atomic E-state index is 12.4. The van der Waals surface area contributed by atoms with E-state index in [1.165, 1.54) is 13.2 Å². The molecule has 1 unspecified atom stereocenters. The van der Waals surface area contributed by atoms with Crippen molar-refractivity contribution in [2.45, 2.75) is 38.8 Å². The highest BCUT2D eigenvalue weighted by Gasteiger charge is 2.26. The van der Waals surface area contributed by atoms with Crippen LogP contribution in [0, 0.1) is 0 Å². The molecule has 0 bridgehead atoms. The maximum absolute atomic E-state index is 12.4. The average Bonchev–Trinajstić information content (AvgIpc) is 2.78. The van der Waals surface area contributed by atoms with Crippen molar-refractivity contribution in [2.75, 3.05) is 19.2 Å². The van der Waals surface area contributed by atoms with E-state index in [0.717, 1.165) is 0 Å². The predicted molar refractivity (Wildman–Crippen MR) is 128 cm³/mol. The minimum atomic E-state index is -0.989. The van der Waals surface area contributed by atoms with E-state index in [9.17, 15) is 14.4 Å². The van der Waals surface area contributed by atoms with Crippen molar-refractivity contribution < 1.29 is 38.2 Å². The normalized spacial score (nSPS) is 11.5. The summed E-state index contributed by atoms with van der Waals surface area (Å²) < 4.78 is 20.6. The summed E-state index contributed by atoms with van der Waals surface area (Å²) in [5.41, 5.74) is 3.30. The highest BCUT2D eigenvalue weighted by atomic mass is 16.7. The zero-order valence-corrected chi connectivity index (χ0v) is 20.2. The molecule has 0 saturated heterocycles. The van der Waals surface area contributed by atoms with Crippen LogP contribution in [0.2, 0.25) is 0 Å². The van der Waals surface area contributed by atoms with Gasteiger partial charge >= 0.3 is 18.2 Å². The number of anilines is 1. The minimum Gasteiger partial charge on any atom is -0.460 e. The summed E-state index contributed by atoms with van der Waals surface area (Å²) in [6.07, 6.45) is -0.102. The number of rotatable bonds is 10. The quantitative estimate of drug-likeness (QED) is 0.218. The van der Waals surface area contributed by atoms with Crippen LogP contribution in [-0.4, -0.2) is 43.6 Å². The van der Waals surface area contributed by atoms with Gasteiger partial charge in [0.25, 0.3) is 0 Å². The van der Waals surface area contributed by atoms with Gasteiger partial charge in [0.15, 0.2) is 0 Å². The summed E-state index contributed by atoms with van der Waals surface area (Å²) in [6.45, 7) is 8.67. The first kappa shape index (κ1) is 27.2. The van der Waals surface area contributed by atoms with Gasteiger partial charge in [-0.15, -0.1) is 0 Å². The SMILES string of the molecule is C=CCOC(=O)C(Cc1ccc(OC(=O)Oc2ccc(NOC)cc2)cc1)NC(=O)OC(C)(C)C. The summed E-state index contributed by atoms with van der Waals surface area (Å²) in [6, 6.07) is 11.9. The highest BCUT2D eigenvalue weighted by Crippen LogP contribution is 2.18. The van der Waals surface area contributed by atoms with Gasteiger partial charge in [-0.25, -0.2) is 14.4 Å². The molecule has 0 saturated carbocycles. The lowest BCUT2D eigenvalue weighted by Crippen LogP contribution is -2.45. The maximum Gasteiger partial charge on any atom is 0.519 e. The molecule has 2 N–H and O–H groups in total. The van der Waals surface area contributed by atoms with Crippen molar-refractivity contribution >= 4 is 23.9 Å². The number of carbonyl (C=O) groups is 3. The lowest BCUT2D eigenvalue weighted by molar-refractivity contribution is -0.144. The molecular weight excluding hydrogens is 456 g/mol. The molecule has 0 radical (unpaired) electrons. The third-order valence-electron chi connectivity index (χ3n) is 4.16. The van der Waals surface area contributed by atoms with Crippen LogP contribution >= 0.6 is 0 Å². The van der Waals surface area contributed by atoms with Crippen LogP contribution in [0.15, 0.2) is 61.2 Å². The summed E-state index contributed by atoms with van der Waals surface area (Å²) in [5, 5.41) is 2.53. The van der Waals surface area contributed by atoms with Crippen LogP contribution in [0.25, 0.3) is 0 Å². The largest absolute Gasteiger partial charge is 0.519 e. The molecule has 2 rings (SSSR count). The minimum absolute atomic E-state index is 0.00580. The van der Waals surface area contributed by atoms with Crippen LogP contribution in [0.4, 0.5) is 15.3 Å². The smallest absolute Gasteiger partial charge is 0.460 e. The molecule has 0 fully saturated rings. The van der Waals surface area contributed by atoms with E-state index in [1.807, 2.05) is 0 Å². The zero-order chi connectivity index (χ0) is 25.8. The van der Waals surface area contributed by atoms with Crippen molar-refractivity contribution in [3.05, 3.63) is 66.7 Å². The zero-order valence-electron chi connectivity index (χ0n) is 20.2. The molecule has 2 aromatic rings. The van der Waals surface area contributed by atoms with E-state index in [-0.39, 0.29) is 18.8 Å². The predicted octanol–water partition coefficient (Wildman–Crippen LogP) is 4.40. The van der Waals surface area contributed by atoms with Crippen molar-refractivity contribution in [2.24, 2.45) is 0 Å². The van der Waals surface area contributed by atoms with E-state index in [1.54, 1.807) is 69.3 Å². The monoisotopic (exact) mass is 486 g/mol. The van der Waals surface area contributed by atoms with Crippen molar-refractivity contribution in [1.29, 1.82) is 0 Å². The molecule has 35 heavy (non-hydrogen) atoms. The first-order chi connectivity index (χ1) is 16.6. The summed E-state index contributed by atoms with van der Waals surface area (Å²) >= 11 is 0. The highest BCUT2D eigenvalue weighted by molar-refractivity contribution is 5.82. The Labute approximate surface area is 204 Å². The van der Waals surface area contributed by atoms with Gasteiger partial charge in [-0.05, 0) is 62.7 Å². The fraction of sp³-hybridized carbons (Fsp3) is 0.320. The number of hydrogen-bond donors (Lipinski definition) is 2. The van der Waals surface area contributed by atoms with Crippen LogP contribution in [-0.2, 0) is 25.5 Å². The molecule has 0 aliphatic heterocycles. The molecule has 2 aromatic carbocycles. The molecule has 0 aliphatic rings.